The molecule has 2 aliphatic rings. The average Bonchev–Trinajstić information content (AvgIpc) is 3.30. The largest absolute Gasteiger partial charge is 0.507 e. The molecule has 0 bridgehead atoms. The highest BCUT2D eigenvalue weighted by atomic mass is 79.9. The highest BCUT2D eigenvalue weighted by Gasteiger charge is 2.40. The van der Waals surface area contributed by atoms with Gasteiger partial charge in [0.25, 0.3) is 0 Å². The molecule has 9 nitrogen and oxygen atoms in total. The predicted octanol–water partition coefficient (Wildman–Crippen LogP) is 4.58. The van der Waals surface area contributed by atoms with Crippen molar-refractivity contribution in [1.29, 1.82) is 0 Å². The van der Waals surface area contributed by atoms with Gasteiger partial charge in [0.05, 0.1) is 39.7 Å². The Morgan fingerprint density at radius 3 is 2.29 bits per heavy atom. The normalized spacial score (nSPS) is 16.3. The summed E-state index contributed by atoms with van der Waals surface area (Å²) in [5.41, 5.74) is 1.87. The number of hydrogen-bond donors (Lipinski definition) is 1. The SMILES string of the molecule is CCOC(=O)C1=C(O)c2cc3c(cc2N(c2cc(OC)c(OC)c(OC)c2)C1CCBr)OCO3. The van der Waals surface area contributed by atoms with Crippen LogP contribution in [-0.2, 0) is 9.53 Å². The van der Waals surface area contributed by atoms with E-state index >= 15 is 0 Å². The number of halogens is 1. The van der Waals surface area contributed by atoms with Gasteiger partial charge in [-0.2, -0.15) is 0 Å². The predicted molar refractivity (Wildman–Crippen MR) is 129 cm³/mol. The Bertz CT molecular complexity index is 1110. The molecule has 4 rings (SSSR count). The Balaban J connectivity index is 2.00. The van der Waals surface area contributed by atoms with Gasteiger partial charge in [-0.25, -0.2) is 4.79 Å². The third-order valence-electron chi connectivity index (χ3n) is 5.71. The molecule has 10 heteroatoms. The zero-order chi connectivity index (χ0) is 24.4. The fraction of sp³-hybridized carbons (Fsp3) is 0.375. The fourth-order valence-corrected chi connectivity index (χ4v) is 4.70. The van der Waals surface area contributed by atoms with E-state index in [2.05, 4.69) is 15.9 Å². The summed E-state index contributed by atoms with van der Waals surface area (Å²) >= 11 is 3.49. The average molecular weight is 536 g/mol. The number of ether oxygens (including phenoxy) is 6. The zero-order valence-electron chi connectivity index (χ0n) is 19.3. The smallest absolute Gasteiger partial charge is 0.339 e. The van der Waals surface area contributed by atoms with Crippen LogP contribution in [0.2, 0.25) is 0 Å². The first kappa shape index (κ1) is 23.9. The number of rotatable bonds is 8. The molecular weight excluding hydrogens is 510 g/mol. The van der Waals surface area contributed by atoms with Crippen molar-refractivity contribution in [3.8, 4) is 28.7 Å². The Morgan fingerprint density at radius 2 is 1.74 bits per heavy atom. The molecule has 1 N–H and O–H groups in total. The summed E-state index contributed by atoms with van der Waals surface area (Å²) in [6.45, 7) is 1.97. The van der Waals surface area contributed by atoms with Crippen molar-refractivity contribution < 1.29 is 38.3 Å². The fourth-order valence-electron chi connectivity index (χ4n) is 4.26. The number of carbonyl (C=O) groups is 1. The summed E-state index contributed by atoms with van der Waals surface area (Å²) < 4.78 is 33.0. The quantitative estimate of drug-likeness (QED) is 0.384. The van der Waals surface area contributed by atoms with E-state index in [0.29, 0.717) is 57.4 Å². The molecule has 1 atom stereocenters. The number of aliphatic hydroxyl groups excluding tert-OH is 1. The second-order valence-corrected chi connectivity index (χ2v) is 8.25. The molecule has 34 heavy (non-hydrogen) atoms. The monoisotopic (exact) mass is 535 g/mol. The van der Waals surface area contributed by atoms with Crippen molar-refractivity contribution in [1.82, 2.24) is 0 Å². The van der Waals surface area contributed by atoms with Crippen LogP contribution < -0.4 is 28.6 Å². The molecule has 0 radical (unpaired) electrons. The molecule has 0 fully saturated rings. The number of alkyl halides is 1. The topological polar surface area (TPSA) is 95.9 Å². The van der Waals surface area contributed by atoms with E-state index < -0.39 is 12.0 Å². The Labute approximate surface area is 205 Å². The summed E-state index contributed by atoms with van der Waals surface area (Å²) in [5, 5.41) is 11.8. The van der Waals surface area contributed by atoms with E-state index in [0.717, 1.165) is 0 Å². The van der Waals surface area contributed by atoms with Gasteiger partial charge < -0.3 is 38.4 Å². The molecule has 0 saturated heterocycles. The van der Waals surface area contributed by atoms with Crippen molar-refractivity contribution >= 4 is 39.0 Å². The first-order chi connectivity index (χ1) is 16.5. The van der Waals surface area contributed by atoms with Gasteiger partial charge in [-0.05, 0) is 19.4 Å². The van der Waals surface area contributed by atoms with Gasteiger partial charge >= 0.3 is 5.97 Å². The maximum atomic E-state index is 13.1. The number of benzene rings is 2. The Kier molecular flexibility index (Phi) is 6.97. The molecular formula is C24H26BrNO8. The first-order valence-electron chi connectivity index (χ1n) is 10.7. The minimum Gasteiger partial charge on any atom is -0.507 e. The molecule has 1 unspecified atom stereocenters. The van der Waals surface area contributed by atoms with Crippen LogP contribution in [0.1, 0.15) is 18.9 Å². The maximum Gasteiger partial charge on any atom is 0.339 e. The molecule has 0 saturated carbocycles. The van der Waals surface area contributed by atoms with Crippen LogP contribution in [-0.4, -0.2) is 57.2 Å². The van der Waals surface area contributed by atoms with E-state index in [9.17, 15) is 9.90 Å². The number of carbonyl (C=O) groups excluding carboxylic acids is 1. The van der Waals surface area contributed by atoms with Crippen molar-refractivity contribution in [3.63, 3.8) is 0 Å². The van der Waals surface area contributed by atoms with Gasteiger partial charge in [0.15, 0.2) is 23.0 Å². The number of esters is 1. The van der Waals surface area contributed by atoms with Gasteiger partial charge in [-0.3, -0.25) is 0 Å². The minimum atomic E-state index is -0.591. The second-order valence-electron chi connectivity index (χ2n) is 7.45. The van der Waals surface area contributed by atoms with E-state index in [1.807, 2.05) is 4.90 Å². The number of methoxy groups -OCH3 is 3. The van der Waals surface area contributed by atoms with Gasteiger partial charge in [-0.15, -0.1) is 0 Å². The molecule has 2 aromatic carbocycles. The number of nitrogens with zero attached hydrogens (tertiary/aromatic N) is 1. The minimum absolute atomic E-state index is 0.0719. The lowest BCUT2D eigenvalue weighted by Gasteiger charge is -2.39. The zero-order valence-corrected chi connectivity index (χ0v) is 20.9. The standard InChI is InChI=1S/C24H26BrNO8/c1-5-32-24(28)21-15(6-7-25)26(13-8-19(29-2)23(31-4)20(9-13)30-3)16-11-18-17(33-12-34-18)10-14(16)22(21)27/h8-11,15,27H,5-7,12H2,1-4H3. The van der Waals surface area contributed by atoms with Gasteiger partial charge in [0.1, 0.15) is 11.3 Å². The molecule has 2 aromatic rings. The summed E-state index contributed by atoms with van der Waals surface area (Å²) in [6, 6.07) is 6.49. The van der Waals surface area contributed by atoms with Crippen LogP contribution in [0.5, 0.6) is 28.7 Å². The Morgan fingerprint density at radius 1 is 1.09 bits per heavy atom. The van der Waals surface area contributed by atoms with E-state index in [-0.39, 0.29) is 24.7 Å². The number of aliphatic hydroxyl groups is 1. The molecule has 2 heterocycles. The van der Waals surface area contributed by atoms with Crippen molar-refractivity contribution in [2.75, 3.05) is 45.0 Å². The van der Waals surface area contributed by atoms with Crippen molar-refractivity contribution in [2.45, 2.75) is 19.4 Å². The molecule has 182 valence electrons. The van der Waals surface area contributed by atoms with Crippen LogP contribution in [0, 0.1) is 0 Å². The van der Waals surface area contributed by atoms with Crippen LogP contribution in [0.25, 0.3) is 5.76 Å². The summed E-state index contributed by atoms with van der Waals surface area (Å²) in [6.07, 6.45) is 0.489. The van der Waals surface area contributed by atoms with Crippen LogP contribution in [0.4, 0.5) is 11.4 Å². The van der Waals surface area contributed by atoms with E-state index in [1.165, 1.54) is 21.3 Å². The highest BCUT2D eigenvalue weighted by Crippen LogP contribution is 2.51. The van der Waals surface area contributed by atoms with Gasteiger partial charge in [0.2, 0.25) is 12.5 Å². The van der Waals surface area contributed by atoms with Gasteiger partial charge in [-0.1, -0.05) is 15.9 Å². The number of fused-ring (bicyclic) bond motifs is 2. The summed E-state index contributed by atoms with van der Waals surface area (Å²) in [7, 11) is 4.61. The van der Waals surface area contributed by atoms with Crippen LogP contribution in [0.3, 0.4) is 0 Å². The lowest BCUT2D eigenvalue weighted by molar-refractivity contribution is -0.138. The molecule has 0 amide bonds. The molecule has 0 spiro atoms. The van der Waals surface area contributed by atoms with Crippen LogP contribution >= 0.6 is 15.9 Å². The second kappa shape index (κ2) is 9.92. The summed E-state index contributed by atoms with van der Waals surface area (Å²) in [4.78, 5) is 15.0. The summed E-state index contributed by atoms with van der Waals surface area (Å²) in [5.74, 6) is 1.63. The van der Waals surface area contributed by atoms with E-state index in [4.69, 9.17) is 28.4 Å². The third kappa shape index (κ3) is 3.96. The van der Waals surface area contributed by atoms with Crippen LogP contribution in [0.15, 0.2) is 29.8 Å². The van der Waals surface area contributed by atoms with Crippen molar-refractivity contribution in [2.24, 2.45) is 0 Å². The molecule has 2 aliphatic heterocycles. The lowest BCUT2D eigenvalue weighted by Crippen LogP contribution is -2.40. The molecule has 0 aromatic heterocycles. The Hall–Kier alpha value is -3.27. The molecule has 0 aliphatic carbocycles. The third-order valence-corrected chi connectivity index (χ3v) is 6.17. The van der Waals surface area contributed by atoms with Gasteiger partial charge in [0, 0.05) is 34.8 Å². The number of anilines is 2. The lowest BCUT2D eigenvalue weighted by atomic mass is 9.90. The maximum absolute atomic E-state index is 13.1. The number of hydrogen-bond acceptors (Lipinski definition) is 9. The van der Waals surface area contributed by atoms with E-state index in [1.54, 1.807) is 31.2 Å². The highest BCUT2D eigenvalue weighted by molar-refractivity contribution is 9.09. The first-order valence-corrected chi connectivity index (χ1v) is 11.8. The van der Waals surface area contributed by atoms with Crippen molar-refractivity contribution in [3.05, 3.63) is 35.4 Å².